The highest BCUT2D eigenvalue weighted by Crippen LogP contribution is 2.39. The van der Waals surface area contributed by atoms with Crippen molar-refractivity contribution >= 4 is 22.7 Å². The quantitative estimate of drug-likeness (QED) is 0.589. The summed E-state index contributed by atoms with van der Waals surface area (Å²) in [6, 6.07) is 7.01. The molecule has 1 aliphatic carbocycles. The van der Waals surface area contributed by atoms with Crippen LogP contribution in [0.15, 0.2) is 24.5 Å². The lowest BCUT2D eigenvalue weighted by Gasteiger charge is -2.38. The Hall–Kier alpha value is -3.04. The van der Waals surface area contributed by atoms with Gasteiger partial charge in [-0.05, 0) is 62.3 Å². The van der Waals surface area contributed by atoms with E-state index in [1.54, 1.807) is 0 Å². The van der Waals surface area contributed by atoms with Crippen LogP contribution in [-0.4, -0.2) is 62.9 Å². The number of hydrogen-bond donors (Lipinski definition) is 2. The number of nitrogen functional groups attached to an aromatic ring is 1. The molecule has 1 unspecified atom stereocenters. The van der Waals surface area contributed by atoms with Gasteiger partial charge in [-0.15, -0.1) is 0 Å². The molecule has 6 rings (SSSR count). The maximum Gasteiger partial charge on any atom is 0.190 e. The van der Waals surface area contributed by atoms with Gasteiger partial charge in [-0.25, -0.2) is 14.6 Å². The number of aromatic nitrogens is 4. The van der Waals surface area contributed by atoms with Crippen LogP contribution in [-0.2, 0) is 11.2 Å². The van der Waals surface area contributed by atoms with Crippen molar-refractivity contribution in [3.05, 3.63) is 30.1 Å². The molecule has 3 aromatic rings. The Bertz CT molecular complexity index is 1240. The highest BCUT2D eigenvalue weighted by molar-refractivity contribution is 5.98. The molecule has 35 heavy (non-hydrogen) atoms. The van der Waals surface area contributed by atoms with Gasteiger partial charge >= 0.3 is 0 Å². The first-order valence-corrected chi connectivity index (χ1v) is 12.8. The second-order valence-electron chi connectivity index (χ2n) is 9.96. The maximum atomic E-state index is 8.15. The summed E-state index contributed by atoms with van der Waals surface area (Å²) in [5, 5.41) is 14.1. The number of morpholine rings is 1. The molecule has 1 saturated heterocycles. The van der Waals surface area contributed by atoms with Crippen molar-refractivity contribution in [2.75, 3.05) is 32.0 Å². The number of nitrogens with two attached hydrogens (primary N) is 1. The summed E-state index contributed by atoms with van der Waals surface area (Å²) in [5.74, 6) is 1.69. The van der Waals surface area contributed by atoms with Crippen LogP contribution in [0.1, 0.15) is 50.6 Å². The smallest absolute Gasteiger partial charge is 0.190 e. The van der Waals surface area contributed by atoms with Gasteiger partial charge in [0.2, 0.25) is 0 Å². The monoisotopic (exact) mass is 475 g/mol. The average molecular weight is 476 g/mol. The van der Waals surface area contributed by atoms with Gasteiger partial charge in [0.05, 0.1) is 24.6 Å². The molecule has 4 heterocycles. The minimum Gasteiger partial charge on any atom is -0.443 e. The summed E-state index contributed by atoms with van der Waals surface area (Å²) in [7, 11) is 0. The molecule has 2 aliphatic heterocycles. The number of anilines is 1. The fourth-order valence-corrected chi connectivity index (χ4v) is 5.94. The molecule has 2 fully saturated rings. The molecule has 0 amide bonds. The van der Waals surface area contributed by atoms with E-state index in [1.165, 1.54) is 6.33 Å². The lowest BCUT2D eigenvalue weighted by molar-refractivity contribution is 0.00520. The van der Waals surface area contributed by atoms with Crippen molar-refractivity contribution in [1.29, 1.82) is 5.41 Å². The Morgan fingerprint density at radius 1 is 1.09 bits per heavy atom. The van der Waals surface area contributed by atoms with E-state index in [9.17, 15) is 0 Å². The van der Waals surface area contributed by atoms with Crippen LogP contribution in [0.4, 0.5) is 5.82 Å². The largest absolute Gasteiger partial charge is 0.443 e. The zero-order valence-corrected chi connectivity index (χ0v) is 20.2. The third kappa shape index (κ3) is 4.06. The summed E-state index contributed by atoms with van der Waals surface area (Å²) >= 11 is 0. The van der Waals surface area contributed by atoms with Gasteiger partial charge < -0.3 is 15.2 Å². The van der Waals surface area contributed by atoms with Crippen molar-refractivity contribution in [1.82, 2.24) is 24.6 Å². The lowest BCUT2D eigenvalue weighted by Crippen LogP contribution is -2.45. The second-order valence-corrected chi connectivity index (χ2v) is 9.96. The van der Waals surface area contributed by atoms with Crippen molar-refractivity contribution in [3.8, 4) is 17.0 Å². The predicted molar refractivity (Wildman–Crippen MR) is 135 cm³/mol. The van der Waals surface area contributed by atoms with Crippen LogP contribution < -0.4 is 10.5 Å². The van der Waals surface area contributed by atoms with Gasteiger partial charge in [0.1, 0.15) is 23.6 Å². The van der Waals surface area contributed by atoms with Crippen LogP contribution in [0, 0.1) is 11.3 Å². The Morgan fingerprint density at radius 3 is 2.63 bits per heavy atom. The summed E-state index contributed by atoms with van der Waals surface area (Å²) in [4.78, 5) is 11.5. The normalized spacial score (nSPS) is 25.4. The molecule has 3 aliphatic rings. The second kappa shape index (κ2) is 9.20. The molecular formula is C26H33N7O2. The summed E-state index contributed by atoms with van der Waals surface area (Å²) in [5.41, 5.74) is 10.1. The minimum absolute atomic E-state index is 0.113. The first kappa shape index (κ1) is 22.4. The number of rotatable bonds is 4. The van der Waals surface area contributed by atoms with Crippen molar-refractivity contribution in [2.24, 2.45) is 5.92 Å². The highest BCUT2D eigenvalue weighted by Gasteiger charge is 2.31. The first-order chi connectivity index (χ1) is 17.1. The zero-order chi connectivity index (χ0) is 23.9. The number of fused-ring (bicyclic) bond motifs is 2. The molecule has 0 radical (unpaired) electrons. The van der Waals surface area contributed by atoms with Gasteiger partial charge in [-0.1, -0.05) is 6.92 Å². The van der Waals surface area contributed by atoms with Crippen LogP contribution in [0.2, 0.25) is 0 Å². The Morgan fingerprint density at radius 2 is 1.86 bits per heavy atom. The van der Waals surface area contributed by atoms with Crippen LogP contribution in [0.25, 0.3) is 22.3 Å². The van der Waals surface area contributed by atoms with E-state index in [0.29, 0.717) is 23.8 Å². The van der Waals surface area contributed by atoms with Crippen molar-refractivity contribution in [3.63, 3.8) is 0 Å². The van der Waals surface area contributed by atoms with Crippen molar-refractivity contribution in [2.45, 2.75) is 57.5 Å². The Kier molecular flexibility index (Phi) is 5.89. The molecule has 9 nitrogen and oxygen atoms in total. The van der Waals surface area contributed by atoms with Crippen LogP contribution >= 0.6 is 0 Å². The summed E-state index contributed by atoms with van der Waals surface area (Å²) in [6.07, 6.45) is 7.67. The number of nitrogens with zero attached hydrogens (tertiary/aromatic N) is 5. The van der Waals surface area contributed by atoms with Gasteiger partial charge in [0.25, 0.3) is 0 Å². The van der Waals surface area contributed by atoms with E-state index >= 15 is 0 Å². The number of benzene rings is 1. The van der Waals surface area contributed by atoms with E-state index in [2.05, 4.69) is 32.5 Å². The molecule has 2 aromatic heterocycles. The number of nitrogens with one attached hydrogen (secondary N) is 1. The zero-order valence-electron chi connectivity index (χ0n) is 20.2. The maximum absolute atomic E-state index is 8.15. The molecule has 9 heteroatoms. The fourth-order valence-electron chi connectivity index (χ4n) is 5.94. The third-order valence-electron chi connectivity index (χ3n) is 7.98. The van der Waals surface area contributed by atoms with Crippen molar-refractivity contribution < 1.29 is 9.47 Å². The predicted octanol–water partition coefficient (Wildman–Crippen LogP) is 3.83. The SMILES string of the molecule is CCC1Cc2cc(-c3nn(C4CCC(N5CCOCC5)CC4)c4ncnc(N)c34)ccc2OC1=N. The van der Waals surface area contributed by atoms with E-state index in [1.807, 2.05) is 12.1 Å². The van der Waals surface area contributed by atoms with Gasteiger partial charge in [0, 0.05) is 30.6 Å². The standard InChI is InChI=1S/C26H33N7O2/c1-2-16-13-18-14-17(3-8-21(18)35-25(16)28)23-22-24(27)29-15-30-26(22)33(31-23)20-6-4-19(5-7-20)32-9-11-34-12-10-32/h3,8,14-16,19-20,28H,2,4-7,9-13H2,1H3,(H2,27,29,30). The topological polar surface area (TPSA) is 115 Å². The van der Waals surface area contributed by atoms with Gasteiger partial charge in [0.15, 0.2) is 11.5 Å². The Balaban J connectivity index is 1.32. The lowest BCUT2D eigenvalue weighted by atomic mass is 9.90. The van der Waals surface area contributed by atoms with Crippen LogP contribution in [0.5, 0.6) is 5.75 Å². The fraction of sp³-hybridized carbons (Fsp3) is 0.538. The molecule has 1 atom stereocenters. The first-order valence-electron chi connectivity index (χ1n) is 12.8. The molecule has 1 aromatic carbocycles. The number of ether oxygens (including phenoxy) is 2. The van der Waals surface area contributed by atoms with E-state index < -0.39 is 0 Å². The molecule has 0 bridgehead atoms. The summed E-state index contributed by atoms with van der Waals surface area (Å²) < 4.78 is 13.4. The van der Waals surface area contributed by atoms with E-state index in [-0.39, 0.29) is 5.92 Å². The third-order valence-corrected chi connectivity index (χ3v) is 7.98. The molecule has 1 saturated carbocycles. The van der Waals surface area contributed by atoms with E-state index in [4.69, 9.17) is 25.7 Å². The Labute approximate surface area is 205 Å². The van der Waals surface area contributed by atoms with Crippen LogP contribution in [0.3, 0.4) is 0 Å². The summed E-state index contributed by atoms with van der Waals surface area (Å²) in [6.45, 7) is 5.85. The number of hydrogen-bond acceptors (Lipinski definition) is 8. The minimum atomic E-state index is 0.113. The molecule has 0 spiro atoms. The molecule has 3 N–H and O–H groups in total. The molecule has 184 valence electrons. The average Bonchev–Trinajstić information content (AvgIpc) is 3.30. The van der Waals surface area contributed by atoms with Gasteiger partial charge in [-0.2, -0.15) is 5.10 Å². The van der Waals surface area contributed by atoms with E-state index in [0.717, 1.165) is 98.4 Å². The molecular weight excluding hydrogens is 442 g/mol. The highest BCUT2D eigenvalue weighted by atomic mass is 16.5. The van der Waals surface area contributed by atoms with Gasteiger partial charge in [-0.3, -0.25) is 10.3 Å².